The van der Waals surface area contributed by atoms with Gasteiger partial charge in [0.2, 0.25) is 15.0 Å². The summed E-state index contributed by atoms with van der Waals surface area (Å²) in [4.78, 5) is 10.3. The topological polar surface area (TPSA) is 108 Å². The fourth-order valence-electron chi connectivity index (χ4n) is 3.46. The van der Waals surface area contributed by atoms with Crippen molar-refractivity contribution in [3.63, 3.8) is 0 Å². The van der Waals surface area contributed by atoms with Crippen molar-refractivity contribution < 1.29 is 17.7 Å². The van der Waals surface area contributed by atoms with Crippen LogP contribution in [0, 0.1) is 0 Å². The minimum Gasteiger partial charge on any atom is -0.399 e. The maximum absolute atomic E-state index is 12.7. The molecule has 1 aromatic heterocycles. The third kappa shape index (κ3) is 4.19. The number of rotatable bonds is 6. The minimum atomic E-state index is -3.57. The summed E-state index contributed by atoms with van der Waals surface area (Å²) in [6.07, 6.45) is 4.80. The van der Waals surface area contributed by atoms with Crippen LogP contribution in [-0.4, -0.2) is 73.0 Å². The Morgan fingerprint density at radius 2 is 1.81 bits per heavy atom. The molecule has 2 fully saturated rings. The molecule has 0 spiro atoms. The number of hydrogen-bond donors (Lipinski definition) is 1. The summed E-state index contributed by atoms with van der Waals surface area (Å²) in [5, 5.41) is -0.151. The zero-order chi connectivity index (χ0) is 19.9. The highest BCUT2D eigenvalue weighted by molar-refractivity contribution is 7.91. The summed E-state index contributed by atoms with van der Waals surface area (Å²) >= 11 is 0. The smallest absolute Gasteiger partial charge is 0.399 e. The van der Waals surface area contributed by atoms with E-state index in [2.05, 4.69) is 14.9 Å². The van der Waals surface area contributed by atoms with Crippen LogP contribution in [0.15, 0.2) is 17.6 Å². The Kier molecular flexibility index (Phi) is 5.66. The van der Waals surface area contributed by atoms with Crippen molar-refractivity contribution in [3.05, 3.63) is 12.4 Å². The molecule has 2 aliphatic heterocycles. The zero-order valence-corrected chi connectivity index (χ0v) is 17.3. The van der Waals surface area contributed by atoms with Gasteiger partial charge in [-0.1, -0.05) is 0 Å². The summed E-state index contributed by atoms with van der Waals surface area (Å²) in [5.41, 5.74) is 5.28. The van der Waals surface area contributed by atoms with Crippen molar-refractivity contribution in [2.24, 2.45) is 5.73 Å². The molecule has 10 heteroatoms. The second-order valence-corrected chi connectivity index (χ2v) is 10.2. The quantitative estimate of drug-likeness (QED) is 0.528. The molecule has 2 saturated heterocycles. The molecule has 1 atom stereocenters. The Balaban J connectivity index is 1.71. The van der Waals surface area contributed by atoms with Crippen LogP contribution in [0.1, 0.15) is 40.5 Å². The van der Waals surface area contributed by atoms with Gasteiger partial charge in [0.05, 0.1) is 17.0 Å². The molecule has 0 unspecified atom stereocenters. The van der Waals surface area contributed by atoms with E-state index >= 15 is 0 Å². The maximum Gasteiger partial charge on any atom is 0.498 e. The molecular weight excluding hydrogens is 367 g/mol. The van der Waals surface area contributed by atoms with Crippen LogP contribution in [0.2, 0.25) is 0 Å². The fraction of sp³-hybridized carbons (Fsp3) is 0.765. The van der Waals surface area contributed by atoms with Crippen LogP contribution >= 0.6 is 0 Å². The average Bonchev–Trinajstić information content (AvgIpc) is 3.09. The summed E-state index contributed by atoms with van der Waals surface area (Å²) < 4.78 is 37.4. The molecule has 27 heavy (non-hydrogen) atoms. The Bertz CT molecular complexity index is 754. The Morgan fingerprint density at radius 1 is 1.22 bits per heavy atom. The van der Waals surface area contributed by atoms with Gasteiger partial charge in [0.25, 0.3) is 0 Å². The molecule has 3 heterocycles. The minimum absolute atomic E-state index is 0.0167. The molecule has 1 aromatic rings. The molecule has 2 aliphatic rings. The van der Waals surface area contributed by atoms with E-state index in [9.17, 15) is 8.42 Å². The van der Waals surface area contributed by atoms with E-state index in [0.717, 1.165) is 19.4 Å². The molecule has 0 aliphatic carbocycles. The van der Waals surface area contributed by atoms with Crippen LogP contribution in [-0.2, 0) is 19.1 Å². The molecule has 2 N–H and O–H groups in total. The second kappa shape index (κ2) is 7.40. The maximum atomic E-state index is 12.7. The van der Waals surface area contributed by atoms with E-state index in [-0.39, 0.29) is 17.0 Å². The number of hydrogen-bond acceptors (Lipinski definition) is 8. The molecule has 0 amide bonds. The predicted molar refractivity (Wildman–Crippen MR) is 103 cm³/mol. The van der Waals surface area contributed by atoms with Gasteiger partial charge in [-0.2, -0.15) is 0 Å². The Morgan fingerprint density at radius 3 is 2.37 bits per heavy atom. The molecule has 150 valence electrons. The third-order valence-corrected chi connectivity index (χ3v) is 7.37. The van der Waals surface area contributed by atoms with Crippen molar-refractivity contribution in [1.82, 2.24) is 14.9 Å². The molecular formula is C17H29BN4O4S. The van der Waals surface area contributed by atoms with E-state index in [1.807, 2.05) is 27.7 Å². The van der Waals surface area contributed by atoms with Gasteiger partial charge in [0, 0.05) is 37.0 Å². The van der Waals surface area contributed by atoms with Crippen molar-refractivity contribution in [2.45, 2.75) is 62.9 Å². The largest absolute Gasteiger partial charge is 0.498 e. The number of likely N-dealkylation sites (tertiary alicyclic amines) is 1. The third-order valence-electron chi connectivity index (χ3n) is 5.78. The lowest BCUT2D eigenvalue weighted by Crippen LogP contribution is -2.41. The van der Waals surface area contributed by atoms with Gasteiger partial charge in [0.1, 0.15) is 0 Å². The summed E-state index contributed by atoms with van der Waals surface area (Å²) in [6, 6.07) is -0.0232. The van der Waals surface area contributed by atoms with Gasteiger partial charge >= 0.3 is 7.12 Å². The monoisotopic (exact) mass is 396 g/mol. The van der Waals surface area contributed by atoms with Crippen molar-refractivity contribution in [1.29, 1.82) is 0 Å². The first kappa shape index (κ1) is 20.7. The second-order valence-electron chi connectivity index (χ2n) is 8.29. The lowest BCUT2D eigenvalue weighted by molar-refractivity contribution is 0.00578. The zero-order valence-electron chi connectivity index (χ0n) is 16.5. The summed E-state index contributed by atoms with van der Waals surface area (Å²) in [5.74, 6) is 0.0167. The molecule has 0 aromatic carbocycles. The van der Waals surface area contributed by atoms with E-state index in [4.69, 9.17) is 15.0 Å². The van der Waals surface area contributed by atoms with Gasteiger partial charge < -0.3 is 15.0 Å². The molecule has 3 rings (SSSR count). The summed E-state index contributed by atoms with van der Waals surface area (Å²) in [7, 11) is -4.18. The number of nitrogens with two attached hydrogens (primary N) is 1. The highest BCUT2D eigenvalue weighted by Gasteiger charge is 2.52. The van der Waals surface area contributed by atoms with Crippen LogP contribution in [0.25, 0.3) is 0 Å². The first-order valence-corrected chi connectivity index (χ1v) is 11.1. The van der Waals surface area contributed by atoms with Crippen molar-refractivity contribution in [2.75, 3.05) is 25.4 Å². The van der Waals surface area contributed by atoms with Crippen molar-refractivity contribution in [3.8, 4) is 0 Å². The van der Waals surface area contributed by atoms with Crippen LogP contribution in [0.3, 0.4) is 0 Å². The normalized spacial score (nSPS) is 25.2. The molecule has 0 bridgehead atoms. The first-order valence-electron chi connectivity index (χ1n) is 9.40. The molecule has 8 nitrogen and oxygen atoms in total. The van der Waals surface area contributed by atoms with Crippen molar-refractivity contribution >= 4 is 22.4 Å². The highest BCUT2D eigenvalue weighted by atomic mass is 32.2. The van der Waals surface area contributed by atoms with Crippen LogP contribution < -0.4 is 11.2 Å². The van der Waals surface area contributed by atoms with E-state index in [1.54, 1.807) is 0 Å². The lowest BCUT2D eigenvalue weighted by atomic mass is 9.81. The SMILES string of the molecule is CC1(C)OB(c2cnc(S(=O)(=O)C[C@@H]3CCCN3CCN)nc2)OC1(C)C. The van der Waals surface area contributed by atoms with E-state index in [1.165, 1.54) is 12.4 Å². The molecule has 0 radical (unpaired) electrons. The first-order chi connectivity index (χ1) is 12.6. The van der Waals surface area contributed by atoms with E-state index < -0.39 is 28.2 Å². The Hall–Kier alpha value is -1.07. The van der Waals surface area contributed by atoms with Gasteiger partial charge in [-0.25, -0.2) is 18.4 Å². The van der Waals surface area contributed by atoms with Gasteiger partial charge in [-0.15, -0.1) is 0 Å². The lowest BCUT2D eigenvalue weighted by Gasteiger charge is -2.32. The number of nitrogens with zero attached hydrogens (tertiary/aromatic N) is 3. The van der Waals surface area contributed by atoms with Gasteiger partial charge in [0.15, 0.2) is 0 Å². The number of sulfone groups is 1. The number of aromatic nitrogens is 2. The van der Waals surface area contributed by atoms with Gasteiger partial charge in [-0.3, -0.25) is 4.90 Å². The highest BCUT2D eigenvalue weighted by Crippen LogP contribution is 2.36. The standard InChI is InChI=1S/C17H29BN4O4S/c1-16(2)17(3,4)26-18(25-16)13-10-20-15(21-11-13)27(23,24)12-14-6-5-8-22(14)9-7-19/h10-11,14H,5-9,12,19H2,1-4H3/t14-/m0/s1. The van der Waals surface area contributed by atoms with Gasteiger partial charge in [-0.05, 0) is 47.1 Å². The van der Waals surface area contributed by atoms with Crippen LogP contribution in [0.5, 0.6) is 0 Å². The average molecular weight is 396 g/mol. The Labute approximate surface area is 161 Å². The van der Waals surface area contributed by atoms with E-state index in [0.29, 0.717) is 18.6 Å². The predicted octanol–water partition coefficient (Wildman–Crippen LogP) is -0.0274. The summed E-state index contributed by atoms with van der Waals surface area (Å²) in [6.45, 7) is 9.96. The van der Waals surface area contributed by atoms with Crippen LogP contribution in [0.4, 0.5) is 0 Å². The fourth-order valence-corrected chi connectivity index (χ4v) is 4.92. The molecule has 0 saturated carbocycles.